The van der Waals surface area contributed by atoms with Gasteiger partial charge in [-0.1, -0.05) is 6.07 Å². The molecule has 9 nitrogen and oxygen atoms in total. The number of nitro benzene ring substituents is 1. The fourth-order valence-electron chi connectivity index (χ4n) is 2.12. The summed E-state index contributed by atoms with van der Waals surface area (Å²) < 4.78 is 16.1. The smallest absolute Gasteiger partial charge is 0.305 e. The molecule has 0 atom stereocenters. The van der Waals surface area contributed by atoms with Crippen LogP contribution >= 0.6 is 11.3 Å². The summed E-state index contributed by atoms with van der Waals surface area (Å²) in [6, 6.07) is 3.89. The first kappa shape index (κ1) is 15.6. The molecule has 0 aliphatic carbocycles. The third-order valence-electron chi connectivity index (χ3n) is 3.08. The standard InChI is InChI=1S/C13H10FN7O2S/c14-10-7(2-1-3-8(10)21(22)23)11-9(6-17-19-12(15)16)20-4-5-24-13(20)18-11/h1-6H,(H4,15,16,19)/b17-6+. The fourth-order valence-corrected chi connectivity index (χ4v) is 2.84. The Morgan fingerprint density at radius 1 is 1.46 bits per heavy atom. The van der Waals surface area contributed by atoms with E-state index in [4.69, 9.17) is 11.5 Å². The van der Waals surface area contributed by atoms with E-state index in [0.29, 0.717) is 10.7 Å². The zero-order valence-corrected chi connectivity index (χ0v) is 12.8. The zero-order chi connectivity index (χ0) is 17.3. The monoisotopic (exact) mass is 347 g/mol. The van der Waals surface area contributed by atoms with Gasteiger partial charge in [0.05, 0.1) is 16.8 Å². The molecule has 0 bridgehead atoms. The highest BCUT2D eigenvalue weighted by Crippen LogP contribution is 2.31. The largest absolute Gasteiger partial charge is 0.369 e. The van der Waals surface area contributed by atoms with Crippen molar-refractivity contribution in [1.82, 2.24) is 9.38 Å². The number of imidazole rings is 1. The second-order valence-electron chi connectivity index (χ2n) is 4.57. The van der Waals surface area contributed by atoms with E-state index in [1.54, 1.807) is 16.0 Å². The Bertz CT molecular complexity index is 988. The van der Waals surface area contributed by atoms with Gasteiger partial charge in [0.25, 0.3) is 0 Å². The van der Waals surface area contributed by atoms with Crippen LogP contribution in [0.25, 0.3) is 16.2 Å². The summed E-state index contributed by atoms with van der Waals surface area (Å²) in [5.74, 6) is -1.20. The predicted molar refractivity (Wildman–Crippen MR) is 88.5 cm³/mol. The van der Waals surface area contributed by atoms with Gasteiger partial charge in [-0.15, -0.1) is 16.4 Å². The Balaban J connectivity index is 2.22. The highest BCUT2D eigenvalue weighted by atomic mass is 32.1. The van der Waals surface area contributed by atoms with E-state index in [2.05, 4.69) is 15.2 Å². The quantitative estimate of drug-likeness (QED) is 0.320. The first-order chi connectivity index (χ1) is 11.5. The molecular formula is C13H10FN7O2S. The Labute approximate surface area is 137 Å². The van der Waals surface area contributed by atoms with E-state index in [-0.39, 0.29) is 17.2 Å². The molecule has 0 aliphatic rings. The van der Waals surface area contributed by atoms with Crippen molar-refractivity contribution in [3.8, 4) is 11.3 Å². The first-order valence-electron chi connectivity index (χ1n) is 6.50. The normalized spacial score (nSPS) is 11.2. The van der Waals surface area contributed by atoms with Crippen molar-refractivity contribution in [1.29, 1.82) is 0 Å². The number of nitrogens with two attached hydrogens (primary N) is 2. The molecular weight excluding hydrogens is 337 g/mol. The summed E-state index contributed by atoms with van der Waals surface area (Å²) in [7, 11) is 0. The Hall–Kier alpha value is -3.34. The van der Waals surface area contributed by atoms with Gasteiger partial charge in [0.15, 0.2) is 4.96 Å². The van der Waals surface area contributed by atoms with Gasteiger partial charge in [-0.3, -0.25) is 14.5 Å². The molecule has 11 heteroatoms. The molecule has 2 heterocycles. The summed E-state index contributed by atoms with van der Waals surface area (Å²) in [5, 5.41) is 19.9. The molecule has 0 fully saturated rings. The van der Waals surface area contributed by atoms with Crippen LogP contribution in [0.4, 0.5) is 10.1 Å². The lowest BCUT2D eigenvalue weighted by Crippen LogP contribution is -2.21. The van der Waals surface area contributed by atoms with Gasteiger partial charge >= 0.3 is 5.69 Å². The van der Waals surface area contributed by atoms with Crippen LogP contribution in [-0.4, -0.2) is 26.5 Å². The molecule has 0 amide bonds. The van der Waals surface area contributed by atoms with Crippen molar-refractivity contribution in [3.05, 3.63) is 51.4 Å². The van der Waals surface area contributed by atoms with Crippen LogP contribution in [0.15, 0.2) is 40.0 Å². The zero-order valence-electron chi connectivity index (χ0n) is 12.0. The van der Waals surface area contributed by atoms with Gasteiger partial charge in [-0.05, 0) is 6.07 Å². The van der Waals surface area contributed by atoms with Gasteiger partial charge in [0.2, 0.25) is 11.8 Å². The number of nitrogens with zero attached hydrogens (tertiary/aromatic N) is 5. The van der Waals surface area contributed by atoms with Crippen molar-refractivity contribution in [2.45, 2.75) is 0 Å². The summed E-state index contributed by atoms with van der Waals surface area (Å²) in [4.78, 5) is 15.0. The van der Waals surface area contributed by atoms with E-state index in [1.807, 2.05) is 0 Å². The Morgan fingerprint density at radius 2 is 2.25 bits per heavy atom. The molecule has 4 N–H and O–H groups in total. The number of fused-ring (bicyclic) bond motifs is 1. The average Bonchev–Trinajstić information content (AvgIpc) is 3.09. The van der Waals surface area contributed by atoms with Crippen LogP contribution in [0.1, 0.15) is 5.69 Å². The van der Waals surface area contributed by atoms with Crippen molar-refractivity contribution >= 4 is 34.2 Å². The van der Waals surface area contributed by atoms with Crippen molar-refractivity contribution in [2.75, 3.05) is 0 Å². The van der Waals surface area contributed by atoms with E-state index in [0.717, 1.165) is 6.07 Å². The molecule has 3 aromatic rings. The minimum Gasteiger partial charge on any atom is -0.369 e. The van der Waals surface area contributed by atoms with Crippen LogP contribution in [-0.2, 0) is 0 Å². The second-order valence-corrected chi connectivity index (χ2v) is 5.44. The van der Waals surface area contributed by atoms with E-state index >= 15 is 0 Å². The molecule has 0 saturated heterocycles. The van der Waals surface area contributed by atoms with Crippen molar-refractivity contribution < 1.29 is 9.31 Å². The maximum atomic E-state index is 14.5. The number of nitro groups is 1. The van der Waals surface area contributed by atoms with E-state index < -0.39 is 16.4 Å². The van der Waals surface area contributed by atoms with Gasteiger partial charge in [-0.2, -0.15) is 9.49 Å². The summed E-state index contributed by atoms with van der Waals surface area (Å²) in [6.07, 6.45) is 3.02. The highest BCUT2D eigenvalue weighted by Gasteiger charge is 2.23. The number of rotatable bonds is 4. The molecule has 1 aromatic carbocycles. The lowest BCUT2D eigenvalue weighted by Gasteiger charge is -2.02. The molecule has 0 aliphatic heterocycles. The molecule has 0 unspecified atom stereocenters. The fraction of sp³-hybridized carbons (Fsp3) is 0. The highest BCUT2D eigenvalue weighted by molar-refractivity contribution is 7.15. The minimum absolute atomic E-state index is 0.00810. The Kier molecular flexibility index (Phi) is 3.92. The van der Waals surface area contributed by atoms with Crippen molar-refractivity contribution in [2.24, 2.45) is 21.7 Å². The number of thiazole rings is 1. The number of aromatic nitrogens is 2. The van der Waals surface area contributed by atoms with Crippen LogP contribution in [0.2, 0.25) is 0 Å². The second kappa shape index (κ2) is 6.04. The SMILES string of the molecule is NC(N)=N/N=C/c1c(-c2cccc([N+](=O)[O-])c2F)nc2sccn12. The van der Waals surface area contributed by atoms with E-state index in [1.165, 1.54) is 29.7 Å². The molecule has 24 heavy (non-hydrogen) atoms. The average molecular weight is 347 g/mol. The summed E-state index contributed by atoms with van der Waals surface area (Å²) in [5.41, 5.74) is 10.4. The topological polar surface area (TPSA) is 137 Å². The number of guanidine groups is 1. The summed E-state index contributed by atoms with van der Waals surface area (Å²) >= 11 is 1.32. The van der Waals surface area contributed by atoms with Gasteiger partial charge in [0, 0.05) is 23.2 Å². The van der Waals surface area contributed by atoms with Crippen LogP contribution in [0, 0.1) is 15.9 Å². The maximum Gasteiger partial charge on any atom is 0.305 e. The van der Waals surface area contributed by atoms with Crippen LogP contribution < -0.4 is 11.5 Å². The summed E-state index contributed by atoms with van der Waals surface area (Å²) in [6.45, 7) is 0. The van der Waals surface area contributed by atoms with Crippen molar-refractivity contribution in [3.63, 3.8) is 0 Å². The number of hydrogen-bond donors (Lipinski definition) is 2. The lowest BCUT2D eigenvalue weighted by atomic mass is 10.1. The number of benzene rings is 1. The first-order valence-corrected chi connectivity index (χ1v) is 7.38. The molecule has 0 spiro atoms. The van der Waals surface area contributed by atoms with Gasteiger partial charge < -0.3 is 11.5 Å². The minimum atomic E-state index is -0.968. The molecule has 0 radical (unpaired) electrons. The van der Waals surface area contributed by atoms with Crippen LogP contribution in [0.5, 0.6) is 0 Å². The predicted octanol–water partition coefficient (Wildman–Crippen LogP) is 1.72. The molecule has 0 saturated carbocycles. The lowest BCUT2D eigenvalue weighted by molar-refractivity contribution is -0.387. The van der Waals surface area contributed by atoms with Gasteiger partial charge in [-0.25, -0.2) is 4.98 Å². The molecule has 3 rings (SSSR count). The van der Waals surface area contributed by atoms with Crippen LogP contribution in [0.3, 0.4) is 0 Å². The molecule has 2 aromatic heterocycles. The van der Waals surface area contributed by atoms with Gasteiger partial charge in [0.1, 0.15) is 5.69 Å². The third-order valence-corrected chi connectivity index (χ3v) is 3.84. The third kappa shape index (κ3) is 2.67. The molecule has 122 valence electrons. The maximum absolute atomic E-state index is 14.5. The number of hydrogen-bond acceptors (Lipinski definition) is 6. The van der Waals surface area contributed by atoms with E-state index in [9.17, 15) is 14.5 Å². The Morgan fingerprint density at radius 3 is 2.96 bits per heavy atom. The number of halogens is 1.